The molecule has 0 nitrogen and oxygen atoms in total. The topological polar surface area (TPSA) is 0 Å². The normalized spacial score (nSPS) is 18.9. The SMILES string of the molecule is CC1=Cc2ccccc2[CH]1[Ti+2][CH]1C(C)=C(Pc2ccccc2)c2ccccc21.[Cl-].[Cl-]. The Bertz CT molecular complexity index is 1100. The molecule has 3 aromatic carbocycles. The first kappa shape index (κ1) is 23.5. The van der Waals surface area contributed by atoms with Gasteiger partial charge in [0.15, 0.2) is 0 Å². The zero-order valence-electron chi connectivity index (χ0n) is 17.0. The van der Waals surface area contributed by atoms with Crippen molar-refractivity contribution in [3.8, 4) is 0 Å². The second-order valence-electron chi connectivity index (χ2n) is 7.69. The van der Waals surface area contributed by atoms with E-state index in [9.17, 15) is 0 Å². The van der Waals surface area contributed by atoms with E-state index in [0.29, 0.717) is 8.45 Å². The van der Waals surface area contributed by atoms with Crippen LogP contribution < -0.4 is 30.1 Å². The molecule has 0 heterocycles. The number of hydrogen-bond acceptors (Lipinski definition) is 0. The van der Waals surface area contributed by atoms with Crippen LogP contribution in [0.5, 0.6) is 0 Å². The van der Waals surface area contributed by atoms with Gasteiger partial charge in [0.1, 0.15) is 0 Å². The summed E-state index contributed by atoms with van der Waals surface area (Å²) >= 11 is -0.235. The molecule has 3 unspecified atom stereocenters. The molecule has 0 bridgehead atoms. The van der Waals surface area contributed by atoms with Crippen LogP contribution in [0.3, 0.4) is 0 Å². The summed E-state index contributed by atoms with van der Waals surface area (Å²) in [6, 6.07) is 29.1. The van der Waals surface area contributed by atoms with Crippen LogP contribution >= 0.6 is 8.58 Å². The number of fused-ring (bicyclic) bond motifs is 2. The largest absolute Gasteiger partial charge is 1.00 e. The summed E-state index contributed by atoms with van der Waals surface area (Å²) in [5.41, 5.74) is 9.27. The Kier molecular flexibility index (Phi) is 7.83. The van der Waals surface area contributed by atoms with Crippen molar-refractivity contribution in [3.05, 3.63) is 112 Å². The second-order valence-corrected chi connectivity index (χ2v) is 11.3. The van der Waals surface area contributed by atoms with Gasteiger partial charge in [0.05, 0.1) is 0 Å². The third kappa shape index (κ3) is 4.27. The van der Waals surface area contributed by atoms with Crippen LogP contribution in [0.25, 0.3) is 11.4 Å². The molecule has 0 radical (unpaired) electrons. The number of halogens is 2. The van der Waals surface area contributed by atoms with E-state index in [0.717, 1.165) is 8.58 Å². The molecular weight excluding hydrogens is 462 g/mol. The Morgan fingerprint density at radius 2 is 1.33 bits per heavy atom. The Morgan fingerprint density at radius 3 is 2.10 bits per heavy atom. The minimum Gasteiger partial charge on any atom is -1.00 e. The number of allylic oxidation sites excluding steroid dienone is 2. The minimum absolute atomic E-state index is 0. The molecular formula is C26H23Cl2PTi. The molecule has 150 valence electrons. The molecule has 0 spiro atoms. The Hall–Kier alpha value is -1.14. The zero-order valence-corrected chi connectivity index (χ0v) is 21.1. The summed E-state index contributed by atoms with van der Waals surface area (Å²) in [4.78, 5) is 0. The molecule has 2 aliphatic rings. The van der Waals surface area contributed by atoms with E-state index in [1.54, 1.807) is 27.6 Å². The average Bonchev–Trinajstić information content (AvgIpc) is 3.18. The van der Waals surface area contributed by atoms with Crippen molar-refractivity contribution in [2.24, 2.45) is 0 Å². The van der Waals surface area contributed by atoms with Gasteiger partial charge in [-0.2, -0.15) is 0 Å². The summed E-state index contributed by atoms with van der Waals surface area (Å²) < 4.78 is 1.30. The van der Waals surface area contributed by atoms with E-state index in [2.05, 4.69) is 98.8 Å². The van der Waals surface area contributed by atoms with E-state index in [1.807, 2.05) is 0 Å². The molecule has 5 rings (SSSR count). The Morgan fingerprint density at radius 1 is 0.700 bits per heavy atom. The van der Waals surface area contributed by atoms with Gasteiger partial charge in [-0.15, -0.1) is 0 Å². The maximum Gasteiger partial charge on any atom is -1.00 e. The van der Waals surface area contributed by atoms with Gasteiger partial charge < -0.3 is 24.8 Å². The fourth-order valence-corrected chi connectivity index (χ4v) is 9.10. The van der Waals surface area contributed by atoms with Gasteiger partial charge in [-0.25, -0.2) is 0 Å². The number of rotatable bonds is 4. The van der Waals surface area contributed by atoms with Crippen LogP contribution in [-0.4, -0.2) is 0 Å². The molecule has 0 saturated heterocycles. The summed E-state index contributed by atoms with van der Waals surface area (Å²) in [6.45, 7) is 4.74. The predicted octanol–water partition coefficient (Wildman–Crippen LogP) is 0.725. The van der Waals surface area contributed by atoms with Crippen LogP contribution in [0.1, 0.15) is 44.5 Å². The molecule has 0 fully saturated rings. The summed E-state index contributed by atoms with van der Waals surface area (Å²) in [5, 5.41) is 3.03. The van der Waals surface area contributed by atoms with Crippen molar-refractivity contribution >= 4 is 25.3 Å². The monoisotopic (exact) mass is 484 g/mol. The summed E-state index contributed by atoms with van der Waals surface area (Å²) in [7, 11) is 0.747. The third-order valence-electron chi connectivity index (χ3n) is 5.89. The van der Waals surface area contributed by atoms with Crippen LogP contribution in [0.15, 0.2) is 90.0 Å². The van der Waals surface area contributed by atoms with Crippen LogP contribution in [-0.2, 0) is 19.2 Å². The van der Waals surface area contributed by atoms with Gasteiger partial charge in [-0.05, 0) is 0 Å². The third-order valence-corrected chi connectivity index (χ3v) is 10.8. The average molecular weight is 485 g/mol. The zero-order chi connectivity index (χ0) is 19.1. The van der Waals surface area contributed by atoms with Gasteiger partial charge in [0, 0.05) is 0 Å². The maximum absolute atomic E-state index is 2.41. The molecule has 2 aliphatic carbocycles. The first-order chi connectivity index (χ1) is 13.7. The summed E-state index contributed by atoms with van der Waals surface area (Å²) in [5.74, 6) is 0. The standard InChI is InChI=1S/C16H14P.C10H9.2ClH.Ti/c1-12-11-13-7-5-6-10-15(13)16(12)17-14-8-3-2-4-9-14;1-8-6-9-4-2-3-5-10(9)7-8;;;/h2-11,17H,1H3;2-7H,1H3;2*1H;/q;;;;+2/p-2. The fourth-order valence-electron chi connectivity index (χ4n) is 4.48. The Balaban J connectivity index is 0.00000128. The van der Waals surface area contributed by atoms with Gasteiger partial charge in [-0.3, -0.25) is 0 Å². The van der Waals surface area contributed by atoms with Crippen molar-refractivity contribution in [1.82, 2.24) is 0 Å². The van der Waals surface area contributed by atoms with Gasteiger partial charge in [0.25, 0.3) is 0 Å². The molecule has 3 aromatic rings. The van der Waals surface area contributed by atoms with Crippen molar-refractivity contribution in [2.45, 2.75) is 22.3 Å². The molecule has 0 saturated carbocycles. The number of benzene rings is 3. The first-order valence-electron chi connectivity index (χ1n) is 9.87. The van der Waals surface area contributed by atoms with Crippen LogP contribution in [0.2, 0.25) is 0 Å². The van der Waals surface area contributed by atoms with E-state index in [1.165, 1.54) is 16.4 Å². The van der Waals surface area contributed by atoms with E-state index in [4.69, 9.17) is 0 Å². The Labute approximate surface area is 202 Å². The molecule has 0 amide bonds. The van der Waals surface area contributed by atoms with Crippen molar-refractivity contribution in [3.63, 3.8) is 0 Å². The molecule has 30 heavy (non-hydrogen) atoms. The van der Waals surface area contributed by atoms with Crippen molar-refractivity contribution < 1.29 is 44.0 Å². The fraction of sp³-hybridized carbons (Fsp3) is 0.154. The van der Waals surface area contributed by atoms with Crippen molar-refractivity contribution in [2.75, 3.05) is 0 Å². The van der Waals surface area contributed by atoms with E-state index < -0.39 is 0 Å². The second kappa shape index (κ2) is 9.99. The number of hydrogen-bond donors (Lipinski definition) is 0. The smallest absolute Gasteiger partial charge is 1.00 e. The van der Waals surface area contributed by atoms with E-state index >= 15 is 0 Å². The molecule has 4 heteroatoms. The molecule has 0 aromatic heterocycles. The molecule has 3 atom stereocenters. The predicted molar refractivity (Wildman–Crippen MR) is 119 cm³/mol. The van der Waals surface area contributed by atoms with E-state index in [-0.39, 0.29) is 44.0 Å². The van der Waals surface area contributed by atoms with Gasteiger partial charge in [-0.1, -0.05) is 0 Å². The van der Waals surface area contributed by atoms with Crippen LogP contribution in [0.4, 0.5) is 0 Å². The van der Waals surface area contributed by atoms with Gasteiger partial charge in [0.2, 0.25) is 0 Å². The van der Waals surface area contributed by atoms with Gasteiger partial charge >= 0.3 is 179 Å². The minimum atomic E-state index is -0.235. The first-order valence-corrected chi connectivity index (χ1v) is 12.7. The van der Waals surface area contributed by atoms with Crippen molar-refractivity contribution in [1.29, 1.82) is 0 Å². The van der Waals surface area contributed by atoms with Crippen LogP contribution in [0, 0.1) is 0 Å². The molecule has 0 N–H and O–H groups in total. The quantitative estimate of drug-likeness (QED) is 0.378. The molecule has 0 aliphatic heterocycles. The summed E-state index contributed by atoms with van der Waals surface area (Å²) in [6.07, 6.45) is 2.41. The maximum atomic E-state index is 2.41.